The van der Waals surface area contributed by atoms with Crippen LogP contribution in [-0.4, -0.2) is 22.9 Å². The van der Waals surface area contributed by atoms with Gasteiger partial charge >= 0.3 is 0 Å². The highest BCUT2D eigenvalue weighted by Gasteiger charge is 2.16. The summed E-state index contributed by atoms with van der Waals surface area (Å²) in [6, 6.07) is 2.12. The lowest BCUT2D eigenvalue weighted by atomic mass is 10.2. The molecule has 0 bridgehead atoms. The largest absolute Gasteiger partial charge is 0.327 e. The molecule has 2 aromatic rings. The van der Waals surface area contributed by atoms with Crippen molar-refractivity contribution in [3.05, 3.63) is 49.3 Å². The number of pyridine rings is 1. The zero-order chi connectivity index (χ0) is 20.1. The summed E-state index contributed by atoms with van der Waals surface area (Å²) in [5, 5.41) is 2.35. The molecular formula is C17H15ClF3N3O2S. The molecule has 2 rings (SSSR count). The number of rotatable bonds is 5. The standard InChI is InChI=1S/C17H15ClF3N3O2S/c1-9(22)3-2-4-10-5-13(27-15(10)18)16(25)23-11-6-12(19)17(26)24(7-11)8-14(20)21/h5-7,9,14H,3,8,22H2,1H3,(H,23,25). The molecule has 0 saturated carbocycles. The number of thiophene rings is 1. The van der Waals surface area contributed by atoms with E-state index in [4.69, 9.17) is 17.3 Å². The van der Waals surface area contributed by atoms with E-state index in [9.17, 15) is 22.8 Å². The SMILES string of the molecule is CC(N)CC#Cc1cc(C(=O)Nc2cc(F)c(=O)n(CC(F)F)c2)sc1Cl. The van der Waals surface area contributed by atoms with E-state index in [1.54, 1.807) is 6.92 Å². The molecule has 2 aromatic heterocycles. The van der Waals surface area contributed by atoms with Crippen LogP contribution < -0.4 is 16.6 Å². The highest BCUT2D eigenvalue weighted by atomic mass is 35.5. The van der Waals surface area contributed by atoms with Gasteiger partial charge in [0.05, 0.1) is 22.7 Å². The molecule has 2 heterocycles. The van der Waals surface area contributed by atoms with Crippen molar-refractivity contribution < 1.29 is 18.0 Å². The molecule has 10 heteroatoms. The number of nitrogens with one attached hydrogen (secondary N) is 1. The highest BCUT2D eigenvalue weighted by molar-refractivity contribution is 7.18. The van der Waals surface area contributed by atoms with Gasteiger partial charge in [-0.3, -0.25) is 9.59 Å². The fraction of sp³-hybridized carbons (Fsp3) is 0.294. The second-order valence-electron chi connectivity index (χ2n) is 5.66. The average Bonchev–Trinajstić information content (AvgIpc) is 2.92. The zero-order valence-electron chi connectivity index (χ0n) is 14.1. The van der Waals surface area contributed by atoms with E-state index in [2.05, 4.69) is 17.2 Å². The van der Waals surface area contributed by atoms with Crippen molar-refractivity contribution >= 4 is 34.5 Å². The summed E-state index contributed by atoms with van der Waals surface area (Å²) in [6.45, 7) is 0.818. The van der Waals surface area contributed by atoms with Crippen molar-refractivity contribution in [2.75, 3.05) is 5.32 Å². The van der Waals surface area contributed by atoms with E-state index in [0.717, 1.165) is 23.6 Å². The minimum atomic E-state index is -2.85. The van der Waals surface area contributed by atoms with Gasteiger partial charge in [-0.2, -0.15) is 0 Å². The van der Waals surface area contributed by atoms with Crippen LogP contribution >= 0.6 is 22.9 Å². The summed E-state index contributed by atoms with van der Waals surface area (Å²) in [7, 11) is 0. The third-order valence-electron chi connectivity index (χ3n) is 3.19. The fourth-order valence-electron chi connectivity index (χ4n) is 2.02. The van der Waals surface area contributed by atoms with Crippen LogP contribution in [0.4, 0.5) is 18.9 Å². The van der Waals surface area contributed by atoms with E-state index in [1.807, 2.05) is 0 Å². The maximum atomic E-state index is 13.6. The van der Waals surface area contributed by atoms with Gasteiger partial charge in [0.1, 0.15) is 4.34 Å². The first-order valence-corrected chi connectivity index (χ1v) is 8.90. The summed E-state index contributed by atoms with van der Waals surface area (Å²) < 4.78 is 39.4. The van der Waals surface area contributed by atoms with E-state index in [1.165, 1.54) is 6.07 Å². The van der Waals surface area contributed by atoms with Crippen molar-refractivity contribution in [3.8, 4) is 11.8 Å². The number of aromatic nitrogens is 1. The molecule has 5 nitrogen and oxygen atoms in total. The first-order valence-electron chi connectivity index (χ1n) is 7.70. The van der Waals surface area contributed by atoms with Crippen LogP contribution in [0.1, 0.15) is 28.6 Å². The van der Waals surface area contributed by atoms with Gasteiger partial charge in [0.25, 0.3) is 17.9 Å². The molecule has 144 valence electrons. The van der Waals surface area contributed by atoms with Gasteiger partial charge in [-0.25, -0.2) is 13.2 Å². The van der Waals surface area contributed by atoms with Crippen molar-refractivity contribution in [2.24, 2.45) is 5.73 Å². The van der Waals surface area contributed by atoms with Crippen LogP contribution in [-0.2, 0) is 6.54 Å². The quantitative estimate of drug-likeness (QED) is 0.733. The Labute approximate surface area is 161 Å². The predicted octanol–water partition coefficient (Wildman–Crippen LogP) is 3.31. The van der Waals surface area contributed by atoms with Crippen LogP contribution in [0, 0.1) is 17.7 Å². The van der Waals surface area contributed by atoms with Crippen molar-refractivity contribution in [1.29, 1.82) is 0 Å². The number of alkyl halides is 2. The molecule has 3 N–H and O–H groups in total. The molecule has 0 aromatic carbocycles. The van der Waals surface area contributed by atoms with Gasteiger partial charge in [0, 0.05) is 24.7 Å². The number of hydrogen-bond donors (Lipinski definition) is 2. The Morgan fingerprint density at radius 1 is 1.44 bits per heavy atom. The lowest BCUT2D eigenvalue weighted by molar-refractivity contribution is 0.103. The number of hydrogen-bond acceptors (Lipinski definition) is 4. The molecule has 1 atom stereocenters. The third kappa shape index (κ3) is 5.85. The van der Waals surface area contributed by atoms with E-state index >= 15 is 0 Å². The Morgan fingerprint density at radius 3 is 2.78 bits per heavy atom. The molecule has 0 aliphatic carbocycles. The minimum absolute atomic E-state index is 0.100. The van der Waals surface area contributed by atoms with Gasteiger partial charge in [-0.1, -0.05) is 23.4 Å². The lowest BCUT2D eigenvalue weighted by Gasteiger charge is -2.09. The van der Waals surface area contributed by atoms with Gasteiger partial charge < -0.3 is 15.6 Å². The number of nitrogens with zero attached hydrogens (tertiary/aromatic N) is 1. The Morgan fingerprint density at radius 2 is 2.15 bits per heavy atom. The minimum Gasteiger partial charge on any atom is -0.327 e. The number of anilines is 1. The van der Waals surface area contributed by atoms with Crippen LogP contribution in [0.3, 0.4) is 0 Å². The number of carbonyl (C=O) groups excluding carboxylic acids is 1. The van der Waals surface area contributed by atoms with Crippen molar-refractivity contribution in [2.45, 2.75) is 32.4 Å². The predicted molar refractivity (Wildman–Crippen MR) is 99.1 cm³/mol. The monoisotopic (exact) mass is 417 g/mol. The van der Waals surface area contributed by atoms with E-state index in [-0.39, 0.29) is 16.6 Å². The lowest BCUT2D eigenvalue weighted by Crippen LogP contribution is -2.26. The smallest absolute Gasteiger partial charge is 0.286 e. The van der Waals surface area contributed by atoms with Gasteiger partial charge in [0.2, 0.25) is 0 Å². The van der Waals surface area contributed by atoms with Crippen LogP contribution in [0.2, 0.25) is 4.34 Å². The summed E-state index contributed by atoms with van der Waals surface area (Å²) in [5.74, 6) is 3.77. The molecule has 0 radical (unpaired) electrons. The Balaban J connectivity index is 2.21. The molecule has 0 aliphatic heterocycles. The fourth-order valence-corrected chi connectivity index (χ4v) is 3.10. The van der Waals surface area contributed by atoms with Crippen LogP contribution in [0.15, 0.2) is 23.1 Å². The topological polar surface area (TPSA) is 77.1 Å². The Bertz CT molecular complexity index is 961. The van der Waals surface area contributed by atoms with E-state index < -0.39 is 30.3 Å². The second kappa shape index (κ2) is 9.08. The molecule has 1 unspecified atom stereocenters. The summed E-state index contributed by atoms with van der Waals surface area (Å²) >= 11 is 7.01. The number of amides is 1. The number of halogens is 4. The maximum absolute atomic E-state index is 13.6. The molecule has 0 saturated heterocycles. The first-order chi connectivity index (χ1) is 12.7. The molecule has 0 aliphatic rings. The average molecular weight is 418 g/mol. The maximum Gasteiger partial charge on any atom is 0.286 e. The number of carbonyl (C=O) groups is 1. The van der Waals surface area contributed by atoms with Crippen molar-refractivity contribution in [3.63, 3.8) is 0 Å². The summed E-state index contributed by atoms with van der Waals surface area (Å²) in [6.07, 6.45) is -1.44. The molecule has 0 spiro atoms. The van der Waals surface area contributed by atoms with Gasteiger partial charge in [0.15, 0.2) is 5.82 Å². The molecular weight excluding hydrogens is 403 g/mol. The van der Waals surface area contributed by atoms with E-state index in [0.29, 0.717) is 20.9 Å². The van der Waals surface area contributed by atoms with Crippen molar-refractivity contribution in [1.82, 2.24) is 4.57 Å². The Kier molecular flexibility index (Phi) is 7.07. The second-order valence-corrected chi connectivity index (χ2v) is 7.31. The highest BCUT2D eigenvalue weighted by Crippen LogP contribution is 2.27. The number of nitrogens with two attached hydrogens (primary N) is 1. The van der Waals surface area contributed by atoms with Gasteiger partial charge in [-0.05, 0) is 13.0 Å². The Hall–Kier alpha value is -2.28. The first kappa shape index (κ1) is 21.0. The summed E-state index contributed by atoms with van der Waals surface area (Å²) in [5.41, 5.74) is 4.72. The molecule has 0 fully saturated rings. The zero-order valence-corrected chi connectivity index (χ0v) is 15.6. The van der Waals surface area contributed by atoms with Crippen LogP contribution in [0.25, 0.3) is 0 Å². The normalized spacial score (nSPS) is 11.8. The van der Waals surface area contributed by atoms with Crippen LogP contribution in [0.5, 0.6) is 0 Å². The van der Waals surface area contributed by atoms with Gasteiger partial charge in [-0.15, -0.1) is 11.3 Å². The third-order valence-corrected chi connectivity index (χ3v) is 4.55. The molecule has 1 amide bonds. The summed E-state index contributed by atoms with van der Waals surface area (Å²) in [4.78, 5) is 24.0. The molecule has 27 heavy (non-hydrogen) atoms.